The number of nitriles is 2. The van der Waals surface area contributed by atoms with Crippen LogP contribution in [0.2, 0.25) is 0 Å². The Bertz CT molecular complexity index is 2430. The molecule has 2 fully saturated rings. The molecule has 2 atom stereocenters. The predicted molar refractivity (Wildman–Crippen MR) is 204 cm³/mol. The smallest absolute Gasteiger partial charge is 0.231 e. The Morgan fingerprint density at radius 3 is 1.81 bits per heavy atom. The molecule has 270 valence electrons. The number of aromatic nitrogens is 5. The van der Waals surface area contributed by atoms with Gasteiger partial charge in [-0.3, -0.25) is 14.3 Å². The van der Waals surface area contributed by atoms with Crippen molar-refractivity contribution in [1.29, 1.82) is 10.5 Å². The highest BCUT2D eigenvalue weighted by Crippen LogP contribution is 2.38. The fraction of sp³-hybridized carbons (Fsp3) is 0.351. The number of likely N-dealkylation sites (tertiary alicyclic amines) is 2. The normalized spacial score (nSPS) is 16.7. The Hall–Kier alpha value is -5.84. The van der Waals surface area contributed by atoms with E-state index in [1.165, 1.54) is 22.7 Å². The molecule has 0 saturated carbocycles. The maximum Gasteiger partial charge on any atom is 0.231 e. The molecule has 2 N–H and O–H groups in total. The Morgan fingerprint density at radius 2 is 1.36 bits per heavy atom. The van der Waals surface area contributed by atoms with Crippen LogP contribution in [0.4, 0.5) is 10.3 Å². The molecule has 0 radical (unpaired) electrons. The average molecular weight is 748 g/mol. The monoisotopic (exact) mass is 747 g/mol. The molecule has 0 unspecified atom stereocenters. The van der Waals surface area contributed by atoms with Crippen LogP contribution >= 0.6 is 22.7 Å². The van der Waals surface area contributed by atoms with Crippen LogP contribution in [0.3, 0.4) is 0 Å². The van der Waals surface area contributed by atoms with Gasteiger partial charge in [-0.25, -0.2) is 9.97 Å². The minimum atomic E-state index is -0.171. The number of anilines is 2. The number of benzene rings is 2. The van der Waals surface area contributed by atoms with Gasteiger partial charge in [0, 0.05) is 50.6 Å². The molecule has 53 heavy (non-hydrogen) atoms. The first-order chi connectivity index (χ1) is 25.5. The quantitative estimate of drug-likeness (QED) is 0.181. The Labute approximate surface area is 313 Å². The van der Waals surface area contributed by atoms with Crippen LogP contribution < -0.4 is 10.6 Å². The summed E-state index contributed by atoms with van der Waals surface area (Å²) >= 11 is 2.95. The average Bonchev–Trinajstić information content (AvgIpc) is 4.00. The minimum Gasteiger partial charge on any atom is -0.361 e. The van der Waals surface area contributed by atoms with E-state index in [1.807, 2.05) is 57.6 Å². The van der Waals surface area contributed by atoms with Crippen LogP contribution in [0.1, 0.15) is 35.4 Å². The molecule has 2 aliphatic rings. The van der Waals surface area contributed by atoms with Crippen LogP contribution in [0.25, 0.3) is 42.7 Å². The van der Waals surface area contributed by atoms with Gasteiger partial charge >= 0.3 is 0 Å². The van der Waals surface area contributed by atoms with Gasteiger partial charge in [0.25, 0.3) is 0 Å². The predicted octanol–water partition coefficient (Wildman–Crippen LogP) is 6.36. The molecular formula is C37H37N11O3S2. The molecule has 6 aromatic rings. The van der Waals surface area contributed by atoms with E-state index in [1.54, 1.807) is 14.5 Å². The van der Waals surface area contributed by atoms with Gasteiger partial charge in [0.2, 0.25) is 11.8 Å². The molecule has 6 heterocycles. The number of amides is 2. The van der Waals surface area contributed by atoms with E-state index in [-0.39, 0.29) is 23.7 Å². The maximum absolute atomic E-state index is 12.5. The third-order valence-corrected chi connectivity index (χ3v) is 12.0. The molecule has 0 aliphatic carbocycles. The lowest BCUT2D eigenvalue weighted by Gasteiger charge is -2.08. The maximum atomic E-state index is 12.5. The molecule has 2 aliphatic heterocycles. The number of nitrogens with one attached hydrogen (secondary N) is 2. The number of carbonyl (C=O) groups excluding carboxylic acids is 2. The van der Waals surface area contributed by atoms with Crippen molar-refractivity contribution >= 4 is 65.2 Å². The van der Waals surface area contributed by atoms with Gasteiger partial charge < -0.3 is 25.0 Å². The summed E-state index contributed by atoms with van der Waals surface area (Å²) < 4.78 is 9.18. The van der Waals surface area contributed by atoms with E-state index in [9.17, 15) is 9.59 Å². The summed E-state index contributed by atoms with van der Waals surface area (Å²) in [7, 11) is 1.90. The molecule has 0 bridgehead atoms. The zero-order valence-electron chi connectivity index (χ0n) is 29.9. The van der Waals surface area contributed by atoms with Gasteiger partial charge in [-0.15, -0.1) is 0 Å². The van der Waals surface area contributed by atoms with E-state index in [2.05, 4.69) is 57.1 Å². The summed E-state index contributed by atoms with van der Waals surface area (Å²) in [6.45, 7) is 10.2. The number of thiazole rings is 2. The molecule has 4 aromatic heterocycles. The van der Waals surface area contributed by atoms with E-state index in [4.69, 9.17) is 15.0 Å². The number of hydrogen-bond acceptors (Lipinski definition) is 13. The number of aryl methyl sites for hydroxylation is 5. The van der Waals surface area contributed by atoms with Crippen molar-refractivity contribution in [3.05, 3.63) is 59.2 Å². The highest BCUT2D eigenvalue weighted by Gasteiger charge is 2.30. The molecular weight excluding hydrogens is 711 g/mol. The van der Waals surface area contributed by atoms with Crippen molar-refractivity contribution in [2.45, 2.75) is 40.5 Å². The lowest BCUT2D eigenvalue weighted by atomic mass is 9.99. The van der Waals surface area contributed by atoms with Crippen molar-refractivity contribution in [3.8, 4) is 34.6 Å². The minimum absolute atomic E-state index is 0.0630. The second kappa shape index (κ2) is 14.7. The van der Waals surface area contributed by atoms with Crippen molar-refractivity contribution in [1.82, 2.24) is 34.7 Å². The van der Waals surface area contributed by atoms with Gasteiger partial charge in [0.15, 0.2) is 22.6 Å². The molecule has 2 amide bonds. The van der Waals surface area contributed by atoms with Crippen LogP contribution in [0.15, 0.2) is 41.2 Å². The van der Waals surface area contributed by atoms with Crippen LogP contribution in [-0.2, 0) is 16.6 Å². The number of rotatable bonds is 6. The van der Waals surface area contributed by atoms with Crippen LogP contribution in [-0.4, -0.2) is 72.7 Å². The van der Waals surface area contributed by atoms with E-state index in [0.717, 1.165) is 65.3 Å². The second-order valence-corrected chi connectivity index (χ2v) is 15.4. The second-order valence-electron chi connectivity index (χ2n) is 13.4. The number of hydrogen-bond donors (Lipinski definition) is 2. The standard InChI is InChI=1S/C19H19N5O2S.C18H18N6OS/c1-10-14(16-11(2)23-26-12(16)3)4-5-15-17(10)27-19(21-15)22-18(25)13-6-7-24(8-13)9-20;1-11-14(13-7-20-23(2)8-13)3-4-15-16(11)26-18(21-15)22-17(25)12-5-6-24(9-12)10-19/h4-5,13H,6-8H2,1-3H3,(H,21,22,25);3-4,7-8,12H,5-6,9H2,1-2H3,(H,21,22,25)/t13-;12-/m00/s1. The SMILES string of the molecule is Cc1c(-c2cnn(C)c2)ccc2nc(NC(=O)[C@H]3CCN(C#N)C3)sc12.Cc1noc(C)c1-c1ccc2nc(NC(=O)[C@H]3CCN(C#N)C3)sc2c1C. The summed E-state index contributed by atoms with van der Waals surface area (Å²) in [5.41, 5.74) is 9.07. The van der Waals surface area contributed by atoms with E-state index < -0.39 is 0 Å². The van der Waals surface area contributed by atoms with Crippen molar-refractivity contribution < 1.29 is 14.1 Å². The zero-order valence-corrected chi connectivity index (χ0v) is 31.6. The summed E-state index contributed by atoms with van der Waals surface area (Å²) in [6, 6.07) is 8.01. The fourth-order valence-corrected chi connectivity index (χ4v) is 8.85. The fourth-order valence-electron chi connectivity index (χ4n) is 6.91. The molecule has 2 aromatic carbocycles. The number of fused-ring (bicyclic) bond motifs is 2. The summed E-state index contributed by atoms with van der Waals surface area (Å²) in [4.78, 5) is 37.3. The summed E-state index contributed by atoms with van der Waals surface area (Å²) in [5.74, 6) is 0.322. The third kappa shape index (κ3) is 7.16. The lowest BCUT2D eigenvalue weighted by molar-refractivity contribution is -0.120. The molecule has 0 spiro atoms. The summed E-state index contributed by atoms with van der Waals surface area (Å²) in [5, 5.41) is 33.2. The number of carbonyl (C=O) groups is 2. The molecule has 14 nitrogen and oxygen atoms in total. The molecule has 8 rings (SSSR count). The lowest BCUT2D eigenvalue weighted by Crippen LogP contribution is -2.25. The van der Waals surface area contributed by atoms with Gasteiger partial charge in [-0.1, -0.05) is 40.0 Å². The van der Waals surface area contributed by atoms with Gasteiger partial charge in [0.1, 0.15) is 5.76 Å². The Balaban J connectivity index is 0.000000164. The summed E-state index contributed by atoms with van der Waals surface area (Å²) in [6.07, 6.45) is 9.42. The van der Waals surface area contributed by atoms with Crippen LogP contribution in [0.5, 0.6) is 0 Å². The molecule has 2 saturated heterocycles. The molecule has 16 heteroatoms. The zero-order chi connectivity index (χ0) is 37.4. The van der Waals surface area contributed by atoms with Gasteiger partial charge in [-0.05, 0) is 74.9 Å². The van der Waals surface area contributed by atoms with Crippen LogP contribution in [0, 0.1) is 62.4 Å². The first-order valence-corrected chi connectivity index (χ1v) is 18.8. The largest absolute Gasteiger partial charge is 0.361 e. The third-order valence-electron chi connectivity index (χ3n) is 9.79. The first-order valence-electron chi connectivity index (χ1n) is 17.2. The van der Waals surface area contributed by atoms with Gasteiger partial charge in [0.05, 0.1) is 44.2 Å². The van der Waals surface area contributed by atoms with E-state index in [0.29, 0.717) is 49.3 Å². The van der Waals surface area contributed by atoms with Gasteiger partial charge in [-0.2, -0.15) is 15.6 Å². The highest BCUT2D eigenvalue weighted by atomic mass is 32.1. The highest BCUT2D eigenvalue weighted by molar-refractivity contribution is 7.23. The number of nitrogens with zero attached hydrogens (tertiary/aromatic N) is 9. The topological polar surface area (TPSA) is 182 Å². The van der Waals surface area contributed by atoms with E-state index >= 15 is 0 Å². The first kappa shape index (κ1) is 35.6. The Morgan fingerprint density at radius 1 is 0.830 bits per heavy atom. The van der Waals surface area contributed by atoms with Crippen molar-refractivity contribution in [2.75, 3.05) is 36.8 Å². The Kier molecular flexibility index (Phi) is 9.83. The van der Waals surface area contributed by atoms with Crippen molar-refractivity contribution in [2.24, 2.45) is 18.9 Å². The van der Waals surface area contributed by atoms with Crippen molar-refractivity contribution in [3.63, 3.8) is 0 Å².